The molecule has 25 heavy (non-hydrogen) atoms. The van der Waals surface area contributed by atoms with Gasteiger partial charge < -0.3 is 4.57 Å². The second-order valence-electron chi connectivity index (χ2n) is 6.92. The highest BCUT2D eigenvalue weighted by Gasteiger charge is 2.45. The monoisotopic (exact) mass is 354 g/mol. The second kappa shape index (κ2) is 5.88. The van der Waals surface area contributed by atoms with Gasteiger partial charge in [0.1, 0.15) is 0 Å². The zero-order valence-corrected chi connectivity index (χ0v) is 14.9. The van der Waals surface area contributed by atoms with E-state index in [2.05, 4.69) is 23.7 Å². The van der Waals surface area contributed by atoms with E-state index in [1.165, 1.54) is 5.69 Å². The molecular weight excluding hydrogens is 336 g/mol. The topological polar surface area (TPSA) is 48.1 Å². The number of fused-ring (bicyclic) bond motifs is 3. The molecule has 0 aliphatic heterocycles. The molecule has 2 aromatic carbocycles. The molecule has 0 saturated carbocycles. The van der Waals surface area contributed by atoms with Crippen LogP contribution in [-0.2, 0) is 13.5 Å². The molecule has 0 radical (unpaired) electrons. The number of rotatable bonds is 2. The van der Waals surface area contributed by atoms with Crippen molar-refractivity contribution in [2.24, 2.45) is 13.0 Å². The predicted octanol–water partition coefficient (Wildman–Crippen LogP) is 4.80. The Morgan fingerprint density at radius 3 is 2.52 bits per heavy atom. The van der Waals surface area contributed by atoms with Gasteiger partial charge in [-0.25, -0.2) is 0 Å². The highest BCUT2D eigenvalue weighted by Crippen LogP contribution is 2.45. The molecule has 0 bridgehead atoms. The molecule has 0 N–H and O–H groups in total. The minimum atomic E-state index is -0.639. The maximum absolute atomic E-state index is 11.9. The van der Waals surface area contributed by atoms with Crippen LogP contribution in [-0.4, -0.2) is 15.5 Å². The SMILES string of the molecule is C[C@H]1Cc2c(c3ccccc3n2C)[C@@H](c2ccc(Cl)cc2)[C@H]1[N+](=O)[O-]. The fourth-order valence-corrected chi connectivity index (χ4v) is 4.48. The molecule has 5 heteroatoms. The number of para-hydroxylation sites is 1. The molecule has 1 heterocycles. The highest BCUT2D eigenvalue weighted by molar-refractivity contribution is 6.30. The lowest BCUT2D eigenvalue weighted by Gasteiger charge is -2.32. The van der Waals surface area contributed by atoms with Crippen LogP contribution in [0.1, 0.15) is 29.7 Å². The third-order valence-corrected chi connectivity index (χ3v) is 5.75. The summed E-state index contributed by atoms with van der Waals surface area (Å²) in [5, 5.41) is 13.7. The van der Waals surface area contributed by atoms with Crippen molar-refractivity contribution in [1.29, 1.82) is 0 Å². The van der Waals surface area contributed by atoms with E-state index in [1.807, 2.05) is 43.3 Å². The van der Waals surface area contributed by atoms with E-state index in [0.29, 0.717) is 5.02 Å². The highest BCUT2D eigenvalue weighted by atomic mass is 35.5. The van der Waals surface area contributed by atoms with Gasteiger partial charge in [-0.3, -0.25) is 10.1 Å². The first-order valence-electron chi connectivity index (χ1n) is 8.44. The van der Waals surface area contributed by atoms with Crippen molar-refractivity contribution in [3.05, 3.63) is 80.5 Å². The van der Waals surface area contributed by atoms with Crippen molar-refractivity contribution >= 4 is 22.5 Å². The number of nitro groups is 1. The second-order valence-corrected chi connectivity index (χ2v) is 7.36. The van der Waals surface area contributed by atoms with E-state index in [-0.39, 0.29) is 16.8 Å². The lowest BCUT2D eigenvalue weighted by Crippen LogP contribution is -2.39. The first-order valence-corrected chi connectivity index (χ1v) is 8.82. The van der Waals surface area contributed by atoms with Crippen molar-refractivity contribution in [1.82, 2.24) is 4.57 Å². The van der Waals surface area contributed by atoms with Crippen LogP contribution in [0.4, 0.5) is 0 Å². The summed E-state index contributed by atoms with van der Waals surface area (Å²) in [5.41, 5.74) is 4.38. The molecule has 0 saturated heterocycles. The Kier molecular flexibility index (Phi) is 3.80. The minimum Gasteiger partial charge on any atom is -0.347 e. The fourth-order valence-electron chi connectivity index (χ4n) is 4.36. The van der Waals surface area contributed by atoms with Gasteiger partial charge in [-0.05, 0) is 35.7 Å². The summed E-state index contributed by atoms with van der Waals surface area (Å²) in [6.45, 7) is 1.98. The maximum atomic E-state index is 11.9. The quantitative estimate of drug-likeness (QED) is 0.490. The molecule has 3 atom stereocenters. The number of halogens is 1. The Morgan fingerprint density at radius 1 is 1.16 bits per heavy atom. The zero-order valence-electron chi connectivity index (χ0n) is 14.1. The van der Waals surface area contributed by atoms with E-state index in [1.54, 1.807) is 0 Å². The van der Waals surface area contributed by atoms with Gasteiger partial charge in [0.25, 0.3) is 0 Å². The van der Waals surface area contributed by atoms with Gasteiger partial charge in [-0.2, -0.15) is 0 Å². The van der Waals surface area contributed by atoms with Gasteiger partial charge in [-0.1, -0.05) is 48.9 Å². The van der Waals surface area contributed by atoms with E-state index < -0.39 is 6.04 Å². The lowest BCUT2D eigenvalue weighted by molar-refractivity contribution is -0.535. The van der Waals surface area contributed by atoms with Crippen molar-refractivity contribution < 1.29 is 4.92 Å². The van der Waals surface area contributed by atoms with E-state index >= 15 is 0 Å². The van der Waals surface area contributed by atoms with Crippen LogP contribution < -0.4 is 0 Å². The molecule has 0 fully saturated rings. The van der Waals surface area contributed by atoms with Gasteiger partial charge in [0.05, 0.1) is 5.92 Å². The summed E-state index contributed by atoms with van der Waals surface area (Å²) in [4.78, 5) is 11.8. The van der Waals surface area contributed by atoms with Gasteiger partial charge in [0.2, 0.25) is 6.04 Å². The summed E-state index contributed by atoms with van der Waals surface area (Å²) < 4.78 is 2.19. The van der Waals surface area contributed by atoms with Crippen molar-refractivity contribution in [3.8, 4) is 0 Å². The Morgan fingerprint density at radius 2 is 1.84 bits per heavy atom. The van der Waals surface area contributed by atoms with Crippen LogP contribution in [0.25, 0.3) is 10.9 Å². The Labute approximate surface area is 151 Å². The molecule has 4 rings (SSSR count). The first-order chi connectivity index (χ1) is 12.0. The van der Waals surface area contributed by atoms with Crippen molar-refractivity contribution in [2.75, 3.05) is 0 Å². The third-order valence-electron chi connectivity index (χ3n) is 5.49. The van der Waals surface area contributed by atoms with E-state index in [4.69, 9.17) is 11.6 Å². The maximum Gasteiger partial charge on any atom is 0.226 e. The number of aryl methyl sites for hydroxylation is 1. The summed E-state index contributed by atoms with van der Waals surface area (Å²) in [6.07, 6.45) is 0.719. The molecule has 3 aromatic rings. The summed E-state index contributed by atoms with van der Waals surface area (Å²) in [7, 11) is 2.05. The normalized spacial score (nSPS) is 22.8. The van der Waals surface area contributed by atoms with Crippen LogP contribution in [0, 0.1) is 16.0 Å². The number of benzene rings is 2. The lowest BCUT2D eigenvalue weighted by atomic mass is 9.72. The predicted molar refractivity (Wildman–Crippen MR) is 99.9 cm³/mol. The van der Waals surface area contributed by atoms with Gasteiger partial charge in [0, 0.05) is 39.5 Å². The average Bonchev–Trinajstić information content (AvgIpc) is 2.87. The molecule has 0 amide bonds. The molecule has 0 unspecified atom stereocenters. The molecule has 128 valence electrons. The van der Waals surface area contributed by atoms with E-state index in [9.17, 15) is 10.1 Å². The van der Waals surface area contributed by atoms with Crippen LogP contribution in [0.5, 0.6) is 0 Å². The summed E-state index contributed by atoms with van der Waals surface area (Å²) >= 11 is 6.04. The van der Waals surface area contributed by atoms with Crippen LogP contribution in [0.15, 0.2) is 48.5 Å². The summed E-state index contributed by atoms with van der Waals surface area (Å²) in [6, 6.07) is 15.0. The number of nitrogens with zero attached hydrogens (tertiary/aromatic N) is 2. The largest absolute Gasteiger partial charge is 0.347 e. The molecule has 1 aliphatic rings. The molecule has 0 spiro atoms. The number of hydrogen-bond donors (Lipinski definition) is 0. The third kappa shape index (κ3) is 2.44. The molecular formula is C20H19ClN2O2. The zero-order chi connectivity index (χ0) is 17.7. The number of hydrogen-bond acceptors (Lipinski definition) is 2. The molecule has 4 nitrogen and oxygen atoms in total. The smallest absolute Gasteiger partial charge is 0.226 e. The van der Waals surface area contributed by atoms with Crippen molar-refractivity contribution in [2.45, 2.75) is 25.3 Å². The van der Waals surface area contributed by atoms with Crippen LogP contribution in [0.2, 0.25) is 5.02 Å². The fraction of sp³-hybridized carbons (Fsp3) is 0.300. The Hall–Kier alpha value is -2.33. The van der Waals surface area contributed by atoms with E-state index in [0.717, 1.165) is 28.5 Å². The summed E-state index contributed by atoms with van der Waals surface area (Å²) in [5.74, 6) is -0.302. The average molecular weight is 355 g/mol. The Balaban J connectivity index is 2.03. The van der Waals surface area contributed by atoms with Gasteiger partial charge >= 0.3 is 0 Å². The first kappa shape index (κ1) is 16.2. The molecule has 1 aromatic heterocycles. The molecule has 1 aliphatic carbocycles. The number of aromatic nitrogens is 1. The van der Waals surface area contributed by atoms with Gasteiger partial charge in [-0.15, -0.1) is 0 Å². The van der Waals surface area contributed by atoms with Crippen molar-refractivity contribution in [3.63, 3.8) is 0 Å². The van der Waals surface area contributed by atoms with Crippen LogP contribution in [0.3, 0.4) is 0 Å². The van der Waals surface area contributed by atoms with Gasteiger partial charge in [0.15, 0.2) is 0 Å². The van der Waals surface area contributed by atoms with Crippen LogP contribution >= 0.6 is 11.6 Å². The minimum absolute atomic E-state index is 0.0359. The Bertz CT molecular complexity index is 962. The standard InChI is InChI=1S/C20H19ClN2O2/c1-12-11-17-19(15-5-3-4-6-16(15)22(17)2)18(20(12)23(24)25)13-7-9-14(21)10-8-13/h3-10,12,18,20H,11H2,1-2H3/t12-,18+,20-/m0/s1.